The third kappa shape index (κ3) is 1.38. The van der Waals surface area contributed by atoms with Crippen LogP contribution in [0.4, 0.5) is 5.82 Å². The molecule has 1 aromatic carbocycles. The molecule has 1 heterocycles. The molecule has 0 unspecified atom stereocenters. The molecular weight excluding hydrogens is 166 g/mol. The largest absolute Gasteiger partial charge is 0.379 e. The highest BCUT2D eigenvalue weighted by Gasteiger charge is 2.07. The molecule has 0 aliphatic carbocycles. The zero-order valence-electron chi connectivity index (χ0n) is 7.19. The van der Waals surface area contributed by atoms with Gasteiger partial charge in [-0.15, -0.1) is 0 Å². The van der Waals surface area contributed by atoms with Crippen LogP contribution in [0.5, 0.6) is 0 Å². The lowest BCUT2D eigenvalue weighted by atomic mass is 10.1. The summed E-state index contributed by atoms with van der Waals surface area (Å²) in [5.74, 6) is 0.325. The Morgan fingerprint density at radius 2 is 2.15 bits per heavy atom. The van der Waals surface area contributed by atoms with E-state index in [-0.39, 0.29) is 0 Å². The maximum absolute atomic E-state index is 5.56. The van der Waals surface area contributed by atoms with Crippen LogP contribution >= 0.6 is 0 Å². The van der Waals surface area contributed by atoms with Crippen molar-refractivity contribution in [1.82, 2.24) is 10.3 Å². The molecule has 66 valence electrons. The Labute approximate surface area is 75.3 Å². The lowest BCUT2D eigenvalue weighted by Gasteiger charge is -1.96. The minimum Gasteiger partial charge on any atom is -0.379 e. The molecule has 0 amide bonds. The fourth-order valence-electron chi connectivity index (χ4n) is 1.19. The molecule has 0 aliphatic rings. The summed E-state index contributed by atoms with van der Waals surface area (Å²) in [6, 6.07) is 7.85. The van der Waals surface area contributed by atoms with Gasteiger partial charge in [0, 0.05) is 5.56 Å². The Hall–Kier alpha value is -1.84. The fourth-order valence-corrected chi connectivity index (χ4v) is 1.19. The molecule has 0 saturated carbocycles. The van der Waals surface area contributed by atoms with E-state index in [0.717, 1.165) is 11.1 Å². The minimum absolute atomic E-state index is 0.325. The standard InChI is InChI=1S/C9H9N3O/c1-6-3-2-4-7(5-6)8-9(10)12-13-11-8/h2-5H,1H3,(H2,10,12). The molecule has 1 aromatic heterocycles. The highest BCUT2D eigenvalue weighted by atomic mass is 16.6. The van der Waals surface area contributed by atoms with Crippen molar-refractivity contribution in [2.75, 3.05) is 5.73 Å². The topological polar surface area (TPSA) is 64.9 Å². The van der Waals surface area contributed by atoms with Gasteiger partial charge in [0.05, 0.1) is 0 Å². The second-order valence-corrected chi connectivity index (χ2v) is 2.87. The van der Waals surface area contributed by atoms with E-state index < -0.39 is 0 Å². The number of benzene rings is 1. The maximum Gasteiger partial charge on any atom is 0.196 e. The summed E-state index contributed by atoms with van der Waals surface area (Å²) in [4.78, 5) is 0. The van der Waals surface area contributed by atoms with E-state index in [0.29, 0.717) is 11.5 Å². The van der Waals surface area contributed by atoms with Crippen LogP contribution in [-0.4, -0.2) is 10.3 Å². The van der Waals surface area contributed by atoms with E-state index in [1.807, 2.05) is 31.2 Å². The second-order valence-electron chi connectivity index (χ2n) is 2.87. The van der Waals surface area contributed by atoms with Crippen LogP contribution in [0.1, 0.15) is 5.56 Å². The Kier molecular flexibility index (Phi) is 1.73. The fraction of sp³-hybridized carbons (Fsp3) is 0.111. The smallest absolute Gasteiger partial charge is 0.196 e. The van der Waals surface area contributed by atoms with Crippen LogP contribution in [0.2, 0.25) is 0 Å². The van der Waals surface area contributed by atoms with E-state index in [2.05, 4.69) is 14.9 Å². The molecule has 0 atom stereocenters. The number of anilines is 1. The molecule has 13 heavy (non-hydrogen) atoms. The number of nitrogen functional groups attached to an aromatic ring is 1. The average Bonchev–Trinajstić information content (AvgIpc) is 2.51. The van der Waals surface area contributed by atoms with Crippen LogP contribution in [0.3, 0.4) is 0 Å². The molecule has 0 saturated heterocycles. The van der Waals surface area contributed by atoms with Gasteiger partial charge in [-0.1, -0.05) is 23.8 Å². The van der Waals surface area contributed by atoms with E-state index >= 15 is 0 Å². The van der Waals surface area contributed by atoms with Crippen LogP contribution in [0.15, 0.2) is 28.9 Å². The summed E-state index contributed by atoms with van der Waals surface area (Å²) < 4.78 is 4.51. The highest BCUT2D eigenvalue weighted by Crippen LogP contribution is 2.22. The zero-order chi connectivity index (χ0) is 9.26. The van der Waals surface area contributed by atoms with Crippen molar-refractivity contribution >= 4 is 5.82 Å². The van der Waals surface area contributed by atoms with Gasteiger partial charge in [0.25, 0.3) is 0 Å². The minimum atomic E-state index is 0.325. The van der Waals surface area contributed by atoms with Gasteiger partial charge in [0.1, 0.15) is 0 Å². The number of aromatic nitrogens is 2. The third-order valence-electron chi connectivity index (χ3n) is 1.81. The number of nitrogens with zero attached hydrogens (tertiary/aromatic N) is 2. The SMILES string of the molecule is Cc1cccc(-c2nonc2N)c1. The van der Waals surface area contributed by atoms with Crippen molar-refractivity contribution in [2.24, 2.45) is 0 Å². The van der Waals surface area contributed by atoms with Crippen molar-refractivity contribution in [3.05, 3.63) is 29.8 Å². The first-order valence-corrected chi connectivity index (χ1v) is 3.92. The lowest BCUT2D eigenvalue weighted by molar-refractivity contribution is 0.310. The summed E-state index contributed by atoms with van der Waals surface area (Å²) in [6.07, 6.45) is 0. The molecule has 0 radical (unpaired) electrons. The molecule has 0 bridgehead atoms. The quantitative estimate of drug-likeness (QED) is 0.715. The maximum atomic E-state index is 5.56. The summed E-state index contributed by atoms with van der Waals surface area (Å²) in [5.41, 5.74) is 8.24. The van der Waals surface area contributed by atoms with Gasteiger partial charge in [-0.25, -0.2) is 4.63 Å². The third-order valence-corrected chi connectivity index (χ3v) is 1.81. The van der Waals surface area contributed by atoms with Crippen LogP contribution in [-0.2, 0) is 0 Å². The van der Waals surface area contributed by atoms with E-state index in [1.165, 1.54) is 0 Å². The summed E-state index contributed by atoms with van der Waals surface area (Å²) >= 11 is 0. The van der Waals surface area contributed by atoms with Crippen molar-refractivity contribution < 1.29 is 4.63 Å². The van der Waals surface area contributed by atoms with Gasteiger partial charge in [-0.2, -0.15) is 0 Å². The molecule has 4 heteroatoms. The number of nitrogens with two attached hydrogens (primary N) is 1. The van der Waals surface area contributed by atoms with E-state index in [1.54, 1.807) is 0 Å². The molecule has 0 fully saturated rings. The van der Waals surface area contributed by atoms with Gasteiger partial charge in [-0.05, 0) is 23.3 Å². The second kappa shape index (κ2) is 2.90. The molecule has 4 nitrogen and oxygen atoms in total. The van der Waals surface area contributed by atoms with Gasteiger partial charge in [0.2, 0.25) is 0 Å². The van der Waals surface area contributed by atoms with Crippen LogP contribution in [0, 0.1) is 6.92 Å². The van der Waals surface area contributed by atoms with Crippen molar-refractivity contribution in [3.8, 4) is 11.3 Å². The van der Waals surface area contributed by atoms with Gasteiger partial charge in [-0.3, -0.25) is 0 Å². The molecule has 2 N–H and O–H groups in total. The summed E-state index contributed by atoms with van der Waals surface area (Å²) in [6.45, 7) is 2.01. The zero-order valence-corrected chi connectivity index (χ0v) is 7.19. The molecule has 0 spiro atoms. The number of aryl methyl sites for hydroxylation is 1. The number of hydrogen-bond donors (Lipinski definition) is 1. The van der Waals surface area contributed by atoms with Crippen molar-refractivity contribution in [1.29, 1.82) is 0 Å². The number of rotatable bonds is 1. The predicted octanol–water partition coefficient (Wildman–Crippen LogP) is 1.63. The summed E-state index contributed by atoms with van der Waals surface area (Å²) in [5, 5.41) is 7.23. The van der Waals surface area contributed by atoms with Gasteiger partial charge >= 0.3 is 0 Å². The van der Waals surface area contributed by atoms with Crippen molar-refractivity contribution in [2.45, 2.75) is 6.92 Å². The first-order valence-electron chi connectivity index (χ1n) is 3.92. The Morgan fingerprint density at radius 3 is 2.77 bits per heavy atom. The monoisotopic (exact) mass is 175 g/mol. The van der Waals surface area contributed by atoms with Crippen LogP contribution < -0.4 is 5.73 Å². The molecular formula is C9H9N3O. The molecule has 2 aromatic rings. The van der Waals surface area contributed by atoms with Gasteiger partial charge in [0.15, 0.2) is 11.5 Å². The normalized spacial score (nSPS) is 10.2. The van der Waals surface area contributed by atoms with Crippen molar-refractivity contribution in [3.63, 3.8) is 0 Å². The molecule has 0 aliphatic heterocycles. The highest BCUT2D eigenvalue weighted by molar-refractivity contribution is 5.69. The Morgan fingerprint density at radius 1 is 1.31 bits per heavy atom. The predicted molar refractivity (Wildman–Crippen MR) is 48.9 cm³/mol. The molecule has 2 rings (SSSR count). The Balaban J connectivity index is 2.53. The van der Waals surface area contributed by atoms with Gasteiger partial charge < -0.3 is 5.73 Å². The summed E-state index contributed by atoms with van der Waals surface area (Å²) in [7, 11) is 0. The average molecular weight is 175 g/mol. The Bertz CT molecular complexity index is 422. The van der Waals surface area contributed by atoms with E-state index in [9.17, 15) is 0 Å². The first kappa shape index (κ1) is 7.79. The number of hydrogen-bond acceptors (Lipinski definition) is 4. The van der Waals surface area contributed by atoms with Crippen LogP contribution in [0.25, 0.3) is 11.3 Å². The lowest BCUT2D eigenvalue weighted by Crippen LogP contribution is -1.88. The first-order chi connectivity index (χ1) is 6.27. The van der Waals surface area contributed by atoms with E-state index in [4.69, 9.17) is 5.73 Å².